The number of carbonyl (C=O) groups excluding carboxylic acids is 2. The van der Waals surface area contributed by atoms with Crippen molar-refractivity contribution in [2.45, 2.75) is 13.8 Å². The third kappa shape index (κ3) is 3.06. The summed E-state index contributed by atoms with van der Waals surface area (Å²) in [6, 6.07) is 7.04. The first-order valence-electron chi connectivity index (χ1n) is 6.73. The summed E-state index contributed by atoms with van der Waals surface area (Å²) in [4.78, 5) is 27.5. The van der Waals surface area contributed by atoms with Crippen LogP contribution in [-0.4, -0.2) is 30.5 Å². The molecule has 6 heteroatoms. The lowest BCUT2D eigenvalue weighted by atomic mass is 10.0. The van der Waals surface area contributed by atoms with Gasteiger partial charge in [0.25, 0.3) is 0 Å². The van der Waals surface area contributed by atoms with Gasteiger partial charge < -0.3 is 14.5 Å². The summed E-state index contributed by atoms with van der Waals surface area (Å²) in [6.45, 7) is 3.67. The molecule has 0 aliphatic carbocycles. The van der Waals surface area contributed by atoms with Crippen molar-refractivity contribution in [3.05, 3.63) is 51.1 Å². The maximum atomic E-state index is 12.7. The highest BCUT2D eigenvalue weighted by Crippen LogP contribution is 2.28. The quantitative estimate of drug-likeness (QED) is 0.650. The summed E-state index contributed by atoms with van der Waals surface area (Å²) >= 11 is 3.34. The fraction of sp³-hybridized carbons (Fsp3) is 0.250. The number of aromatic amines is 1. The van der Waals surface area contributed by atoms with Crippen molar-refractivity contribution in [2.24, 2.45) is 0 Å². The van der Waals surface area contributed by atoms with Crippen LogP contribution in [0.15, 0.2) is 28.7 Å². The van der Waals surface area contributed by atoms with Gasteiger partial charge in [0, 0.05) is 10.0 Å². The minimum absolute atomic E-state index is 0.220. The zero-order chi connectivity index (χ0) is 16.3. The molecule has 0 amide bonds. The van der Waals surface area contributed by atoms with E-state index in [1.54, 1.807) is 32.0 Å². The molecule has 0 bridgehead atoms. The van der Waals surface area contributed by atoms with Crippen molar-refractivity contribution in [3.63, 3.8) is 0 Å². The third-order valence-corrected chi connectivity index (χ3v) is 3.71. The minimum atomic E-state index is -0.508. The van der Waals surface area contributed by atoms with Crippen molar-refractivity contribution < 1.29 is 19.1 Å². The average molecular weight is 366 g/mol. The normalized spacial score (nSPS) is 10.4. The molecule has 0 unspecified atom stereocenters. The summed E-state index contributed by atoms with van der Waals surface area (Å²) in [5.74, 6) is -0.473. The van der Waals surface area contributed by atoms with Crippen molar-refractivity contribution in [1.29, 1.82) is 0 Å². The fourth-order valence-electron chi connectivity index (χ4n) is 2.17. The molecule has 2 rings (SSSR count). The molecular formula is C16H16BrNO4. The molecule has 0 radical (unpaired) electrons. The van der Waals surface area contributed by atoms with E-state index in [2.05, 4.69) is 20.9 Å². The molecule has 0 spiro atoms. The van der Waals surface area contributed by atoms with E-state index in [0.29, 0.717) is 16.7 Å². The molecule has 2 aromatic rings. The van der Waals surface area contributed by atoms with Crippen molar-refractivity contribution in [2.75, 3.05) is 13.7 Å². The fourth-order valence-corrected chi connectivity index (χ4v) is 2.57. The van der Waals surface area contributed by atoms with Crippen LogP contribution in [0, 0.1) is 6.92 Å². The van der Waals surface area contributed by atoms with E-state index in [1.807, 2.05) is 6.07 Å². The maximum absolute atomic E-state index is 12.7. The first-order valence-corrected chi connectivity index (χ1v) is 7.52. The number of halogens is 1. The molecule has 5 nitrogen and oxygen atoms in total. The number of nitrogens with one attached hydrogen (secondary N) is 1. The van der Waals surface area contributed by atoms with Gasteiger partial charge in [-0.3, -0.25) is 4.79 Å². The Balaban J connectivity index is 2.50. The number of hydrogen-bond donors (Lipinski definition) is 1. The predicted octanol–water partition coefficient (Wildman–Crippen LogP) is 3.50. The number of hydrogen-bond acceptors (Lipinski definition) is 4. The Morgan fingerprint density at radius 2 is 2.05 bits per heavy atom. The van der Waals surface area contributed by atoms with Crippen molar-refractivity contribution >= 4 is 27.7 Å². The lowest BCUT2D eigenvalue weighted by Gasteiger charge is -2.04. The molecule has 116 valence electrons. The van der Waals surface area contributed by atoms with Crippen LogP contribution in [0.2, 0.25) is 0 Å². The Labute approximate surface area is 136 Å². The maximum Gasteiger partial charge on any atom is 0.355 e. The van der Waals surface area contributed by atoms with Crippen molar-refractivity contribution in [1.82, 2.24) is 4.98 Å². The molecule has 0 fully saturated rings. The third-order valence-electron chi connectivity index (χ3n) is 3.21. The monoisotopic (exact) mass is 365 g/mol. The van der Waals surface area contributed by atoms with Crippen LogP contribution in [0.5, 0.6) is 5.88 Å². The average Bonchev–Trinajstić information content (AvgIpc) is 2.83. The van der Waals surface area contributed by atoms with E-state index >= 15 is 0 Å². The first-order chi connectivity index (χ1) is 10.5. The van der Waals surface area contributed by atoms with Crippen molar-refractivity contribution in [3.8, 4) is 5.88 Å². The van der Waals surface area contributed by atoms with Gasteiger partial charge in [-0.25, -0.2) is 4.79 Å². The predicted molar refractivity (Wildman–Crippen MR) is 85.6 cm³/mol. The van der Waals surface area contributed by atoms with Gasteiger partial charge in [-0.05, 0) is 31.5 Å². The smallest absolute Gasteiger partial charge is 0.355 e. The zero-order valence-corrected chi connectivity index (χ0v) is 14.1. The van der Waals surface area contributed by atoms with Crippen LogP contribution >= 0.6 is 15.9 Å². The summed E-state index contributed by atoms with van der Waals surface area (Å²) in [6.07, 6.45) is 0. The molecule has 1 aromatic heterocycles. The number of ketones is 1. The van der Waals surface area contributed by atoms with Crippen LogP contribution < -0.4 is 4.74 Å². The Kier molecular flexibility index (Phi) is 5.03. The second-order valence-electron chi connectivity index (χ2n) is 4.59. The first kappa shape index (κ1) is 16.3. The van der Waals surface area contributed by atoms with E-state index in [0.717, 1.165) is 4.47 Å². The van der Waals surface area contributed by atoms with Gasteiger partial charge in [-0.1, -0.05) is 28.1 Å². The van der Waals surface area contributed by atoms with Crippen LogP contribution in [0.4, 0.5) is 0 Å². The summed E-state index contributed by atoms with van der Waals surface area (Å²) < 4.78 is 11.0. The van der Waals surface area contributed by atoms with E-state index in [4.69, 9.17) is 9.47 Å². The Morgan fingerprint density at radius 3 is 2.64 bits per heavy atom. The molecule has 0 saturated carbocycles. The van der Waals surface area contributed by atoms with Gasteiger partial charge in [0.2, 0.25) is 5.88 Å². The standard InChI is InChI=1S/C16H16BrNO4/c1-4-22-16(20)13-9(2)12(15(18-13)21-3)14(19)10-6-5-7-11(17)8-10/h5-8,18H,4H2,1-3H3. The number of ether oxygens (including phenoxy) is 2. The van der Waals surface area contributed by atoms with E-state index in [1.165, 1.54) is 7.11 Å². The highest BCUT2D eigenvalue weighted by molar-refractivity contribution is 9.10. The molecule has 0 aliphatic heterocycles. The van der Waals surface area contributed by atoms with E-state index in [-0.39, 0.29) is 24.0 Å². The SMILES string of the molecule is CCOC(=O)c1[nH]c(OC)c(C(=O)c2cccc(Br)c2)c1C. The van der Waals surface area contributed by atoms with Gasteiger partial charge >= 0.3 is 5.97 Å². The lowest BCUT2D eigenvalue weighted by Crippen LogP contribution is -2.08. The zero-order valence-electron chi connectivity index (χ0n) is 12.5. The van der Waals surface area contributed by atoms with Gasteiger partial charge in [0.1, 0.15) is 5.69 Å². The second-order valence-corrected chi connectivity index (χ2v) is 5.51. The molecule has 0 saturated heterocycles. The van der Waals surface area contributed by atoms with Crippen LogP contribution in [0.1, 0.15) is 38.9 Å². The highest BCUT2D eigenvalue weighted by Gasteiger charge is 2.26. The summed E-state index contributed by atoms with van der Waals surface area (Å²) in [7, 11) is 1.44. The molecule has 0 atom stereocenters. The molecule has 1 N–H and O–H groups in total. The second kappa shape index (κ2) is 6.79. The van der Waals surface area contributed by atoms with E-state index < -0.39 is 5.97 Å². The number of H-pyrrole nitrogens is 1. The van der Waals surface area contributed by atoms with Gasteiger partial charge in [-0.2, -0.15) is 0 Å². The Hall–Kier alpha value is -2.08. The molecule has 1 heterocycles. The van der Waals surface area contributed by atoms with Crippen LogP contribution in [0.25, 0.3) is 0 Å². The van der Waals surface area contributed by atoms with Gasteiger partial charge in [0.15, 0.2) is 5.78 Å². The molecule has 22 heavy (non-hydrogen) atoms. The Bertz CT molecular complexity index is 721. The minimum Gasteiger partial charge on any atom is -0.482 e. The summed E-state index contributed by atoms with van der Waals surface area (Å²) in [5, 5.41) is 0. The molecule has 1 aromatic carbocycles. The number of rotatable bonds is 5. The highest BCUT2D eigenvalue weighted by atomic mass is 79.9. The molecular weight excluding hydrogens is 350 g/mol. The van der Waals surface area contributed by atoms with Gasteiger partial charge in [-0.15, -0.1) is 0 Å². The summed E-state index contributed by atoms with van der Waals surface area (Å²) in [5.41, 5.74) is 1.59. The lowest BCUT2D eigenvalue weighted by molar-refractivity contribution is 0.0519. The number of carbonyl (C=O) groups is 2. The topological polar surface area (TPSA) is 68.4 Å². The van der Waals surface area contributed by atoms with Crippen LogP contribution in [0.3, 0.4) is 0 Å². The number of benzene rings is 1. The largest absolute Gasteiger partial charge is 0.482 e. The van der Waals surface area contributed by atoms with E-state index in [9.17, 15) is 9.59 Å². The van der Waals surface area contributed by atoms with Gasteiger partial charge in [0.05, 0.1) is 19.3 Å². The number of methoxy groups -OCH3 is 1. The molecule has 0 aliphatic rings. The van der Waals surface area contributed by atoms with Crippen LogP contribution in [-0.2, 0) is 4.74 Å². The number of esters is 1. The Morgan fingerprint density at radius 1 is 1.32 bits per heavy atom. The number of aromatic nitrogens is 1.